The first-order valence-corrected chi connectivity index (χ1v) is 10.9. The Balaban J connectivity index is 1.99. The third-order valence-electron chi connectivity index (χ3n) is 6.22. The van der Waals surface area contributed by atoms with Crippen molar-refractivity contribution in [2.75, 3.05) is 7.11 Å². The number of aromatic nitrogens is 1. The largest absolute Gasteiger partial charge is 0.502 e. The molecule has 0 spiro atoms. The van der Waals surface area contributed by atoms with Gasteiger partial charge in [0.2, 0.25) is 17.3 Å². The van der Waals surface area contributed by atoms with Gasteiger partial charge >= 0.3 is 0 Å². The highest BCUT2D eigenvalue weighted by atomic mass is 16.5. The lowest BCUT2D eigenvalue weighted by atomic mass is 9.85. The van der Waals surface area contributed by atoms with E-state index in [2.05, 4.69) is 81.3 Å². The number of pyridine rings is 1. The second kappa shape index (κ2) is 8.32. The smallest absolute Gasteiger partial charge is 0.214 e. The normalized spacial score (nSPS) is 19.0. The summed E-state index contributed by atoms with van der Waals surface area (Å²) < 4.78 is 14.5. The zero-order valence-corrected chi connectivity index (χ0v) is 19.4. The molecular weight excluding hydrogens is 382 g/mol. The maximum absolute atomic E-state index is 6.70. The lowest BCUT2D eigenvalue weighted by molar-refractivity contribution is -0.689. The van der Waals surface area contributed by atoms with Crippen molar-refractivity contribution in [3.8, 4) is 11.3 Å². The summed E-state index contributed by atoms with van der Waals surface area (Å²) in [5, 5.41) is 1.22. The standard InChI is InChI=1S/C28H32NO2/c1-8-24-28(31-21(6)16-20(5)30-7)27-19(4)13-18(3)14-23(27)25-12-11-22-10-9-17(2)15-26(22)29(24)25/h8-16,21,24,28H,1H2,2-7H3/q+1/b20-16-. The fourth-order valence-corrected chi connectivity index (χ4v) is 4.84. The second-order valence-electron chi connectivity index (χ2n) is 8.66. The maximum atomic E-state index is 6.70. The molecule has 31 heavy (non-hydrogen) atoms. The molecule has 3 atom stereocenters. The molecule has 0 radical (unpaired) electrons. The molecule has 0 saturated carbocycles. The molecule has 2 heterocycles. The Hall–Kier alpha value is -2.91. The van der Waals surface area contributed by atoms with Crippen molar-refractivity contribution in [2.24, 2.45) is 0 Å². The first-order chi connectivity index (χ1) is 14.8. The fraction of sp³-hybridized carbons (Fsp3) is 0.321. The summed E-state index contributed by atoms with van der Waals surface area (Å²) in [6, 6.07) is 15.6. The van der Waals surface area contributed by atoms with Crippen molar-refractivity contribution in [1.82, 2.24) is 0 Å². The van der Waals surface area contributed by atoms with E-state index in [-0.39, 0.29) is 18.2 Å². The molecule has 3 aromatic rings. The third kappa shape index (κ3) is 3.79. The number of methoxy groups -OCH3 is 1. The van der Waals surface area contributed by atoms with E-state index >= 15 is 0 Å². The van der Waals surface area contributed by atoms with Crippen molar-refractivity contribution in [3.05, 3.63) is 89.2 Å². The molecule has 0 bridgehead atoms. The molecule has 160 valence electrons. The Bertz CT molecular complexity index is 1190. The van der Waals surface area contributed by atoms with Crippen LogP contribution in [0.4, 0.5) is 0 Å². The third-order valence-corrected chi connectivity index (χ3v) is 6.22. The number of fused-ring (bicyclic) bond motifs is 5. The number of allylic oxidation sites excluding steroid dienone is 1. The summed E-state index contributed by atoms with van der Waals surface area (Å²) in [5.74, 6) is 0.855. The van der Waals surface area contributed by atoms with Gasteiger partial charge in [0.1, 0.15) is 6.10 Å². The highest BCUT2D eigenvalue weighted by Crippen LogP contribution is 2.43. The van der Waals surface area contributed by atoms with Crippen LogP contribution in [0.1, 0.15) is 48.2 Å². The van der Waals surface area contributed by atoms with E-state index in [4.69, 9.17) is 9.47 Å². The summed E-state index contributed by atoms with van der Waals surface area (Å²) in [5.41, 5.74) is 8.65. The molecular formula is C28H32NO2+. The minimum absolute atomic E-state index is 0.0203. The minimum Gasteiger partial charge on any atom is -0.502 e. The van der Waals surface area contributed by atoms with Crippen LogP contribution in [-0.4, -0.2) is 13.2 Å². The van der Waals surface area contributed by atoms with E-state index in [1.807, 2.05) is 19.1 Å². The number of nitrogens with zero attached hydrogens (tertiary/aromatic N) is 1. The molecule has 0 aliphatic carbocycles. The van der Waals surface area contributed by atoms with Crippen LogP contribution in [0.25, 0.3) is 22.2 Å². The zero-order valence-electron chi connectivity index (χ0n) is 19.4. The minimum atomic E-state index is -0.146. The number of rotatable bonds is 5. The number of benzene rings is 2. The Morgan fingerprint density at radius 3 is 2.52 bits per heavy atom. The van der Waals surface area contributed by atoms with Gasteiger partial charge in [0, 0.05) is 23.1 Å². The van der Waals surface area contributed by atoms with Gasteiger partial charge in [-0.2, -0.15) is 4.57 Å². The van der Waals surface area contributed by atoms with E-state index in [1.54, 1.807) is 7.11 Å². The fourth-order valence-electron chi connectivity index (χ4n) is 4.84. The van der Waals surface area contributed by atoms with Gasteiger partial charge in [0.05, 0.1) is 24.5 Å². The van der Waals surface area contributed by atoms with Crippen LogP contribution in [0, 0.1) is 20.8 Å². The lowest BCUT2D eigenvalue weighted by Gasteiger charge is -2.32. The summed E-state index contributed by atoms with van der Waals surface area (Å²) in [7, 11) is 1.69. The average molecular weight is 415 g/mol. The van der Waals surface area contributed by atoms with E-state index in [9.17, 15) is 0 Å². The number of hydrogen-bond acceptors (Lipinski definition) is 2. The van der Waals surface area contributed by atoms with Gasteiger partial charge in [-0.3, -0.25) is 0 Å². The van der Waals surface area contributed by atoms with E-state index in [0.29, 0.717) is 0 Å². The molecule has 0 N–H and O–H groups in total. The van der Waals surface area contributed by atoms with Gasteiger partial charge in [0.15, 0.2) is 0 Å². The van der Waals surface area contributed by atoms with Crippen molar-refractivity contribution in [1.29, 1.82) is 0 Å². The van der Waals surface area contributed by atoms with Gasteiger partial charge in [-0.15, -0.1) is 0 Å². The summed E-state index contributed by atoms with van der Waals surface area (Å²) >= 11 is 0. The summed E-state index contributed by atoms with van der Waals surface area (Å²) in [6.07, 6.45) is 3.81. The number of ether oxygens (including phenoxy) is 2. The van der Waals surface area contributed by atoms with E-state index in [0.717, 1.165) is 5.76 Å². The van der Waals surface area contributed by atoms with Crippen LogP contribution in [0.5, 0.6) is 0 Å². The van der Waals surface area contributed by atoms with Crippen molar-refractivity contribution in [3.63, 3.8) is 0 Å². The zero-order chi connectivity index (χ0) is 22.3. The van der Waals surface area contributed by atoms with Crippen molar-refractivity contribution in [2.45, 2.75) is 52.9 Å². The van der Waals surface area contributed by atoms with Crippen LogP contribution in [0.3, 0.4) is 0 Å². The highest BCUT2D eigenvalue weighted by Gasteiger charge is 2.42. The van der Waals surface area contributed by atoms with Crippen LogP contribution in [-0.2, 0) is 9.47 Å². The summed E-state index contributed by atoms with van der Waals surface area (Å²) in [6.45, 7) is 14.7. The first kappa shape index (κ1) is 21.3. The molecule has 3 unspecified atom stereocenters. The molecule has 2 aromatic carbocycles. The molecule has 3 nitrogen and oxygen atoms in total. The van der Waals surface area contributed by atoms with Crippen LogP contribution < -0.4 is 4.57 Å². The predicted octanol–water partition coefficient (Wildman–Crippen LogP) is 6.46. The van der Waals surface area contributed by atoms with Gasteiger partial charge in [-0.25, -0.2) is 0 Å². The monoisotopic (exact) mass is 414 g/mol. The van der Waals surface area contributed by atoms with Gasteiger partial charge < -0.3 is 9.47 Å². The van der Waals surface area contributed by atoms with Crippen molar-refractivity contribution >= 4 is 10.9 Å². The van der Waals surface area contributed by atoms with Crippen LogP contribution >= 0.6 is 0 Å². The Morgan fingerprint density at radius 2 is 1.81 bits per heavy atom. The van der Waals surface area contributed by atoms with E-state index in [1.165, 1.54) is 44.4 Å². The van der Waals surface area contributed by atoms with Gasteiger partial charge in [0.25, 0.3) is 0 Å². The molecule has 1 aromatic heterocycles. The topological polar surface area (TPSA) is 22.3 Å². The van der Waals surface area contributed by atoms with Crippen LogP contribution in [0.2, 0.25) is 0 Å². The Labute approximate surface area is 185 Å². The first-order valence-electron chi connectivity index (χ1n) is 10.9. The maximum Gasteiger partial charge on any atom is 0.214 e. The second-order valence-corrected chi connectivity index (χ2v) is 8.66. The highest BCUT2D eigenvalue weighted by molar-refractivity contribution is 5.79. The predicted molar refractivity (Wildman–Crippen MR) is 127 cm³/mol. The van der Waals surface area contributed by atoms with Gasteiger partial charge in [-0.05, 0) is 76.1 Å². The molecule has 1 aliphatic heterocycles. The van der Waals surface area contributed by atoms with E-state index < -0.39 is 0 Å². The quantitative estimate of drug-likeness (QED) is 0.272. The van der Waals surface area contributed by atoms with Crippen LogP contribution in [0.15, 0.2) is 67.0 Å². The molecule has 0 saturated heterocycles. The lowest BCUT2D eigenvalue weighted by Crippen LogP contribution is -2.48. The summed E-state index contributed by atoms with van der Waals surface area (Å²) in [4.78, 5) is 0. The SMILES string of the molecule is C=CC1C(OC(C)/C=C(/C)OC)c2c(C)cc(C)cc2-c2ccc3ccc(C)cc3[n+]21. The molecule has 4 rings (SSSR count). The molecule has 0 fully saturated rings. The average Bonchev–Trinajstić information content (AvgIpc) is 2.73. The van der Waals surface area contributed by atoms with Gasteiger partial charge in [-0.1, -0.05) is 24.3 Å². The number of hydrogen-bond donors (Lipinski definition) is 0. The Kier molecular flexibility index (Phi) is 5.72. The Morgan fingerprint density at radius 1 is 1.06 bits per heavy atom. The number of aryl methyl sites for hydroxylation is 3. The molecule has 3 heteroatoms. The molecule has 1 aliphatic rings. The van der Waals surface area contributed by atoms with Crippen molar-refractivity contribution < 1.29 is 14.0 Å². The molecule has 0 amide bonds.